The third-order valence-corrected chi connectivity index (χ3v) is 5.36. The van der Waals surface area contributed by atoms with Crippen molar-refractivity contribution in [2.24, 2.45) is 0 Å². The Hall–Kier alpha value is -2.19. The minimum Gasteiger partial charge on any atom is -0.363 e. The molecule has 1 heterocycles. The molecule has 0 aliphatic carbocycles. The molecule has 7 nitrogen and oxygen atoms in total. The molecular weight excluding hydrogens is 318 g/mol. The van der Waals surface area contributed by atoms with E-state index in [1.54, 1.807) is 19.1 Å². The summed E-state index contributed by atoms with van der Waals surface area (Å²) in [5.41, 5.74) is 0.827. The number of amides is 1. The van der Waals surface area contributed by atoms with Gasteiger partial charge in [-0.3, -0.25) is 4.79 Å². The third kappa shape index (κ3) is 3.77. The number of anilines is 1. The van der Waals surface area contributed by atoms with Crippen molar-refractivity contribution in [3.05, 3.63) is 41.7 Å². The first-order valence-electron chi connectivity index (χ1n) is 7.15. The number of nitrogens with one attached hydrogen (secondary N) is 1. The number of rotatable bonds is 6. The van der Waals surface area contributed by atoms with E-state index in [4.69, 9.17) is 0 Å². The van der Waals surface area contributed by atoms with Gasteiger partial charge in [-0.25, -0.2) is 12.7 Å². The van der Waals surface area contributed by atoms with E-state index in [2.05, 4.69) is 15.0 Å². The van der Waals surface area contributed by atoms with Crippen molar-refractivity contribution < 1.29 is 17.7 Å². The molecule has 0 unspecified atom stereocenters. The van der Waals surface area contributed by atoms with Gasteiger partial charge in [0.1, 0.15) is 6.26 Å². The first-order valence-corrected chi connectivity index (χ1v) is 8.59. The molecule has 1 aromatic heterocycles. The number of benzene rings is 1. The quantitative estimate of drug-likeness (QED) is 0.873. The van der Waals surface area contributed by atoms with Crippen molar-refractivity contribution in [2.45, 2.75) is 25.2 Å². The van der Waals surface area contributed by atoms with Gasteiger partial charge in [-0.1, -0.05) is 18.1 Å². The Kier molecular flexibility index (Phi) is 5.17. The van der Waals surface area contributed by atoms with Crippen molar-refractivity contribution in [3.63, 3.8) is 0 Å². The summed E-state index contributed by atoms with van der Waals surface area (Å²) in [7, 11) is -2.10. The van der Waals surface area contributed by atoms with Crippen LogP contribution >= 0.6 is 0 Å². The second kappa shape index (κ2) is 6.93. The van der Waals surface area contributed by atoms with Gasteiger partial charge in [0, 0.05) is 25.2 Å². The highest BCUT2D eigenvalue weighted by Crippen LogP contribution is 2.21. The number of aromatic nitrogens is 1. The smallest absolute Gasteiger partial charge is 0.256 e. The van der Waals surface area contributed by atoms with E-state index < -0.39 is 15.9 Å². The predicted molar refractivity (Wildman–Crippen MR) is 85.7 cm³/mol. The lowest BCUT2D eigenvalue weighted by Gasteiger charge is -2.18. The molecule has 0 aliphatic rings. The van der Waals surface area contributed by atoms with Crippen LogP contribution in [0.2, 0.25) is 0 Å². The second-order valence-electron chi connectivity index (χ2n) is 5.15. The van der Waals surface area contributed by atoms with E-state index in [9.17, 15) is 13.2 Å². The van der Waals surface area contributed by atoms with Crippen LogP contribution in [0.5, 0.6) is 0 Å². The molecule has 1 amide bonds. The third-order valence-electron chi connectivity index (χ3n) is 3.36. The molecular formula is C15H19N3O4S. The summed E-state index contributed by atoms with van der Waals surface area (Å²) in [6, 6.07) is 6.07. The van der Waals surface area contributed by atoms with Crippen molar-refractivity contribution in [1.82, 2.24) is 9.46 Å². The van der Waals surface area contributed by atoms with Crippen molar-refractivity contribution in [1.29, 1.82) is 0 Å². The molecule has 0 fully saturated rings. The fourth-order valence-electron chi connectivity index (χ4n) is 2.09. The average molecular weight is 337 g/mol. The molecule has 124 valence electrons. The minimum absolute atomic E-state index is 0.126. The van der Waals surface area contributed by atoms with Gasteiger partial charge in [-0.15, -0.1) is 0 Å². The number of carbonyl (C=O) groups is 1. The number of nitrogens with zero attached hydrogens (tertiary/aromatic N) is 2. The SMILES string of the molecule is CCCN(C)S(=O)(=O)c1cc(C(=O)Nc2ccon2)ccc1C. The normalized spacial score (nSPS) is 11.7. The van der Waals surface area contributed by atoms with Crippen molar-refractivity contribution >= 4 is 21.7 Å². The molecule has 23 heavy (non-hydrogen) atoms. The lowest BCUT2D eigenvalue weighted by Crippen LogP contribution is -2.28. The lowest BCUT2D eigenvalue weighted by molar-refractivity contribution is 0.102. The summed E-state index contributed by atoms with van der Waals surface area (Å²) in [5.74, 6) is -0.184. The highest BCUT2D eigenvalue weighted by Gasteiger charge is 2.23. The van der Waals surface area contributed by atoms with Gasteiger partial charge in [0.05, 0.1) is 4.90 Å². The van der Waals surface area contributed by atoms with Crippen LogP contribution in [0, 0.1) is 6.92 Å². The summed E-state index contributed by atoms with van der Waals surface area (Å²) in [6.45, 7) is 4.02. The second-order valence-corrected chi connectivity index (χ2v) is 7.16. The van der Waals surface area contributed by atoms with E-state index in [-0.39, 0.29) is 16.3 Å². The van der Waals surface area contributed by atoms with Crippen LogP contribution in [0.1, 0.15) is 29.3 Å². The van der Waals surface area contributed by atoms with E-state index in [1.165, 1.54) is 29.7 Å². The van der Waals surface area contributed by atoms with Gasteiger partial charge in [0.2, 0.25) is 10.0 Å². The maximum Gasteiger partial charge on any atom is 0.256 e. The molecule has 0 saturated carbocycles. The van der Waals surface area contributed by atoms with Crippen molar-refractivity contribution in [2.75, 3.05) is 18.9 Å². The lowest BCUT2D eigenvalue weighted by atomic mass is 10.1. The Morgan fingerprint density at radius 3 is 2.70 bits per heavy atom. The van der Waals surface area contributed by atoms with Crippen LogP contribution < -0.4 is 5.32 Å². The first-order chi connectivity index (χ1) is 10.9. The zero-order valence-electron chi connectivity index (χ0n) is 13.2. The zero-order valence-corrected chi connectivity index (χ0v) is 14.1. The number of hydrogen-bond donors (Lipinski definition) is 1. The van der Waals surface area contributed by atoms with E-state index in [1.807, 2.05) is 6.92 Å². The molecule has 2 aromatic rings. The fourth-order valence-corrected chi connectivity index (χ4v) is 3.60. The van der Waals surface area contributed by atoms with Gasteiger partial charge in [-0.2, -0.15) is 0 Å². The Morgan fingerprint density at radius 1 is 1.35 bits per heavy atom. The van der Waals surface area contributed by atoms with Crippen LogP contribution in [0.4, 0.5) is 5.82 Å². The largest absolute Gasteiger partial charge is 0.363 e. The highest BCUT2D eigenvalue weighted by molar-refractivity contribution is 7.89. The maximum absolute atomic E-state index is 12.6. The molecule has 8 heteroatoms. The predicted octanol–water partition coefficient (Wildman–Crippen LogP) is 2.27. The molecule has 1 aromatic carbocycles. The molecule has 0 saturated heterocycles. The fraction of sp³-hybridized carbons (Fsp3) is 0.333. The monoisotopic (exact) mass is 337 g/mol. The molecule has 0 spiro atoms. The van der Waals surface area contributed by atoms with Crippen LogP contribution in [0.25, 0.3) is 0 Å². The van der Waals surface area contributed by atoms with E-state index in [0.717, 1.165) is 0 Å². The summed E-state index contributed by atoms with van der Waals surface area (Å²) in [4.78, 5) is 12.3. The Labute approximate surface area is 135 Å². The number of aryl methyl sites for hydroxylation is 1. The number of sulfonamides is 1. The van der Waals surface area contributed by atoms with Gasteiger partial charge < -0.3 is 9.84 Å². The van der Waals surface area contributed by atoms with Gasteiger partial charge in [0.25, 0.3) is 5.91 Å². The van der Waals surface area contributed by atoms with Crippen LogP contribution in [0.3, 0.4) is 0 Å². The summed E-state index contributed by atoms with van der Waals surface area (Å²) in [5, 5.41) is 6.13. The molecule has 0 radical (unpaired) electrons. The van der Waals surface area contributed by atoms with Gasteiger partial charge in [0.15, 0.2) is 5.82 Å². The molecule has 2 rings (SSSR count). The zero-order chi connectivity index (χ0) is 17.0. The van der Waals surface area contributed by atoms with Gasteiger partial charge >= 0.3 is 0 Å². The number of hydrogen-bond acceptors (Lipinski definition) is 5. The van der Waals surface area contributed by atoms with Crippen LogP contribution in [-0.4, -0.2) is 37.4 Å². The van der Waals surface area contributed by atoms with Crippen LogP contribution in [-0.2, 0) is 10.0 Å². The van der Waals surface area contributed by atoms with Crippen molar-refractivity contribution in [3.8, 4) is 0 Å². The molecule has 0 aliphatic heterocycles. The summed E-state index contributed by atoms with van der Waals surface area (Å²) >= 11 is 0. The standard InChI is InChI=1S/C15H19N3O4S/c1-4-8-18(3)23(20,21)13-10-12(6-5-11(13)2)15(19)16-14-7-9-22-17-14/h5-7,9-10H,4,8H2,1-3H3,(H,16,17,19). The molecule has 1 N–H and O–H groups in total. The Balaban J connectivity index is 2.34. The molecule has 0 bridgehead atoms. The average Bonchev–Trinajstić information content (AvgIpc) is 3.00. The highest BCUT2D eigenvalue weighted by atomic mass is 32.2. The topological polar surface area (TPSA) is 92.5 Å². The summed E-state index contributed by atoms with van der Waals surface area (Å²) < 4.78 is 31.1. The summed E-state index contributed by atoms with van der Waals surface area (Å²) in [6.07, 6.45) is 2.04. The first kappa shape index (κ1) is 17.2. The number of carbonyl (C=O) groups excluding carboxylic acids is 1. The maximum atomic E-state index is 12.6. The van der Waals surface area contributed by atoms with Crippen LogP contribution in [0.15, 0.2) is 39.9 Å². The van der Waals surface area contributed by atoms with E-state index >= 15 is 0 Å². The molecule has 0 atom stereocenters. The van der Waals surface area contributed by atoms with Gasteiger partial charge in [-0.05, 0) is 31.0 Å². The Morgan fingerprint density at radius 2 is 2.09 bits per heavy atom. The minimum atomic E-state index is -3.63. The van der Waals surface area contributed by atoms with E-state index in [0.29, 0.717) is 18.5 Å². The Bertz CT molecular complexity index is 785.